The van der Waals surface area contributed by atoms with E-state index < -0.39 is 0 Å². The molecular weight excluding hydrogens is 210 g/mol. The zero-order chi connectivity index (χ0) is 12.8. The van der Waals surface area contributed by atoms with Crippen LogP contribution in [0.2, 0.25) is 0 Å². The fraction of sp³-hybridized carbons (Fsp3) is 0.786. The van der Waals surface area contributed by atoms with Gasteiger partial charge in [0.1, 0.15) is 0 Å². The van der Waals surface area contributed by atoms with Crippen LogP contribution in [0.4, 0.5) is 0 Å². The van der Waals surface area contributed by atoms with Crippen molar-refractivity contribution in [2.75, 3.05) is 6.54 Å². The van der Waals surface area contributed by atoms with Crippen molar-refractivity contribution in [3.8, 4) is 0 Å². The van der Waals surface area contributed by atoms with Gasteiger partial charge < -0.3 is 5.32 Å². The summed E-state index contributed by atoms with van der Waals surface area (Å²) in [6, 6.07) is 0.448. The average Bonchev–Trinajstić information content (AvgIpc) is 2.70. The van der Waals surface area contributed by atoms with Gasteiger partial charge in [-0.05, 0) is 25.3 Å². The van der Waals surface area contributed by atoms with Gasteiger partial charge in [-0.1, -0.05) is 34.1 Å². The van der Waals surface area contributed by atoms with Gasteiger partial charge in [-0.3, -0.25) is 4.68 Å². The van der Waals surface area contributed by atoms with Crippen molar-refractivity contribution in [1.29, 1.82) is 0 Å². The van der Waals surface area contributed by atoms with Crippen molar-refractivity contribution in [1.82, 2.24) is 15.1 Å². The molecule has 3 heteroatoms. The fourth-order valence-corrected chi connectivity index (χ4v) is 2.24. The molecule has 0 aliphatic carbocycles. The summed E-state index contributed by atoms with van der Waals surface area (Å²) in [6.45, 7) is 10.0. The van der Waals surface area contributed by atoms with Crippen molar-refractivity contribution < 1.29 is 0 Å². The van der Waals surface area contributed by atoms with E-state index in [0.717, 1.165) is 13.0 Å². The van der Waals surface area contributed by atoms with E-state index in [0.29, 0.717) is 12.0 Å². The van der Waals surface area contributed by atoms with E-state index in [1.54, 1.807) is 0 Å². The molecule has 0 aliphatic heterocycles. The average molecular weight is 237 g/mol. The minimum absolute atomic E-state index is 0.448. The van der Waals surface area contributed by atoms with E-state index in [1.807, 2.05) is 11.7 Å². The van der Waals surface area contributed by atoms with Crippen molar-refractivity contribution >= 4 is 0 Å². The molecule has 1 N–H and O–H groups in total. The van der Waals surface area contributed by atoms with Crippen LogP contribution in [0, 0.1) is 5.92 Å². The quantitative estimate of drug-likeness (QED) is 0.790. The highest BCUT2D eigenvalue weighted by molar-refractivity contribution is 5.22. The van der Waals surface area contributed by atoms with Crippen LogP contribution in [0.3, 0.4) is 0 Å². The second kappa shape index (κ2) is 6.80. The smallest absolute Gasteiger partial charge is 0.0669 e. The van der Waals surface area contributed by atoms with E-state index in [2.05, 4.69) is 44.3 Å². The maximum absolute atomic E-state index is 4.55. The van der Waals surface area contributed by atoms with E-state index in [1.165, 1.54) is 24.1 Å². The molecule has 0 amide bonds. The van der Waals surface area contributed by atoms with Gasteiger partial charge in [0.15, 0.2) is 0 Å². The minimum Gasteiger partial charge on any atom is -0.310 e. The molecule has 0 saturated heterocycles. The van der Waals surface area contributed by atoms with E-state index in [4.69, 9.17) is 0 Å². The third-order valence-electron chi connectivity index (χ3n) is 3.43. The largest absolute Gasteiger partial charge is 0.310 e. The third-order valence-corrected chi connectivity index (χ3v) is 3.43. The van der Waals surface area contributed by atoms with Crippen molar-refractivity contribution in [3.05, 3.63) is 17.5 Å². The number of hydrogen-bond donors (Lipinski definition) is 1. The zero-order valence-corrected chi connectivity index (χ0v) is 12.0. The first-order valence-corrected chi connectivity index (χ1v) is 6.89. The van der Waals surface area contributed by atoms with Gasteiger partial charge >= 0.3 is 0 Å². The molecule has 17 heavy (non-hydrogen) atoms. The Balaban J connectivity index is 2.94. The van der Waals surface area contributed by atoms with E-state index >= 15 is 0 Å². The van der Waals surface area contributed by atoms with Crippen LogP contribution in [-0.4, -0.2) is 16.3 Å². The number of hydrogen-bond acceptors (Lipinski definition) is 2. The summed E-state index contributed by atoms with van der Waals surface area (Å²) in [6.07, 6.45) is 5.56. The SMILES string of the molecule is CCCNC(c1cn(C)nc1CC)C(C)CC. The number of nitrogens with one attached hydrogen (secondary N) is 1. The van der Waals surface area contributed by atoms with Gasteiger partial charge in [-0.15, -0.1) is 0 Å². The van der Waals surface area contributed by atoms with Crippen LogP contribution in [0.5, 0.6) is 0 Å². The van der Waals surface area contributed by atoms with Crippen molar-refractivity contribution in [2.24, 2.45) is 13.0 Å². The molecule has 0 fully saturated rings. The molecule has 98 valence electrons. The Hall–Kier alpha value is -0.830. The summed E-state index contributed by atoms with van der Waals surface area (Å²) in [4.78, 5) is 0. The van der Waals surface area contributed by atoms with Gasteiger partial charge in [0.05, 0.1) is 5.69 Å². The van der Waals surface area contributed by atoms with Gasteiger partial charge in [-0.25, -0.2) is 0 Å². The molecule has 1 aromatic rings. The third kappa shape index (κ3) is 3.56. The van der Waals surface area contributed by atoms with Crippen molar-refractivity contribution in [2.45, 2.75) is 53.0 Å². The predicted octanol–water partition coefficient (Wildman–Crippen LogP) is 3.07. The monoisotopic (exact) mass is 237 g/mol. The van der Waals surface area contributed by atoms with Crippen LogP contribution >= 0.6 is 0 Å². The Morgan fingerprint density at radius 1 is 1.35 bits per heavy atom. The standard InChI is InChI=1S/C14H27N3/c1-6-9-15-14(11(4)7-2)12-10-17(5)16-13(12)8-3/h10-11,14-15H,6-9H2,1-5H3. The Kier molecular flexibility index (Phi) is 5.69. The maximum atomic E-state index is 4.55. The molecule has 0 aliphatic rings. The minimum atomic E-state index is 0.448. The fourth-order valence-electron chi connectivity index (χ4n) is 2.24. The second-order valence-corrected chi connectivity index (χ2v) is 4.88. The molecule has 0 saturated carbocycles. The molecule has 0 bridgehead atoms. The van der Waals surface area contributed by atoms with Crippen molar-refractivity contribution in [3.63, 3.8) is 0 Å². The normalized spacial score (nSPS) is 14.9. The number of nitrogens with zero attached hydrogens (tertiary/aromatic N) is 2. The Morgan fingerprint density at radius 2 is 2.06 bits per heavy atom. The first-order chi connectivity index (χ1) is 8.13. The summed E-state index contributed by atoms with van der Waals surface area (Å²) in [5.41, 5.74) is 2.62. The van der Waals surface area contributed by atoms with Gasteiger partial charge in [0, 0.05) is 24.8 Å². The molecule has 2 unspecified atom stereocenters. The lowest BCUT2D eigenvalue weighted by Crippen LogP contribution is -2.28. The first-order valence-electron chi connectivity index (χ1n) is 6.89. The van der Waals surface area contributed by atoms with E-state index in [9.17, 15) is 0 Å². The molecule has 0 radical (unpaired) electrons. The molecule has 2 atom stereocenters. The zero-order valence-electron chi connectivity index (χ0n) is 12.0. The number of rotatable bonds is 7. The second-order valence-electron chi connectivity index (χ2n) is 4.88. The molecule has 3 nitrogen and oxygen atoms in total. The van der Waals surface area contributed by atoms with E-state index in [-0.39, 0.29) is 0 Å². The highest BCUT2D eigenvalue weighted by Gasteiger charge is 2.21. The molecule has 1 rings (SSSR count). The summed E-state index contributed by atoms with van der Waals surface area (Å²) in [5, 5.41) is 8.22. The lowest BCUT2D eigenvalue weighted by molar-refractivity contribution is 0.375. The number of aromatic nitrogens is 2. The van der Waals surface area contributed by atoms with Crippen LogP contribution in [-0.2, 0) is 13.5 Å². The Bertz CT molecular complexity index is 330. The maximum Gasteiger partial charge on any atom is 0.0669 e. The van der Waals surface area contributed by atoms with Crippen LogP contribution in [0.1, 0.15) is 57.8 Å². The first kappa shape index (κ1) is 14.2. The van der Waals surface area contributed by atoms with Gasteiger partial charge in [-0.2, -0.15) is 5.10 Å². The summed E-state index contributed by atoms with van der Waals surface area (Å²) < 4.78 is 1.94. The number of aryl methyl sites for hydroxylation is 2. The van der Waals surface area contributed by atoms with Gasteiger partial charge in [0.25, 0.3) is 0 Å². The van der Waals surface area contributed by atoms with Gasteiger partial charge in [0.2, 0.25) is 0 Å². The van der Waals surface area contributed by atoms with Crippen LogP contribution in [0.15, 0.2) is 6.20 Å². The molecule has 1 heterocycles. The topological polar surface area (TPSA) is 29.9 Å². The summed E-state index contributed by atoms with van der Waals surface area (Å²) in [7, 11) is 2.01. The lowest BCUT2D eigenvalue weighted by Gasteiger charge is -2.24. The molecule has 1 aromatic heterocycles. The lowest BCUT2D eigenvalue weighted by atomic mass is 9.92. The highest BCUT2D eigenvalue weighted by Crippen LogP contribution is 2.26. The predicted molar refractivity (Wildman–Crippen MR) is 73.1 cm³/mol. The Labute approximate surface area is 106 Å². The molecule has 0 aromatic carbocycles. The highest BCUT2D eigenvalue weighted by atomic mass is 15.3. The van der Waals surface area contributed by atoms with Crippen LogP contribution in [0.25, 0.3) is 0 Å². The summed E-state index contributed by atoms with van der Waals surface area (Å²) >= 11 is 0. The summed E-state index contributed by atoms with van der Waals surface area (Å²) in [5.74, 6) is 0.649. The molecular formula is C14H27N3. The van der Waals surface area contributed by atoms with Crippen LogP contribution < -0.4 is 5.32 Å². The molecule has 0 spiro atoms. The Morgan fingerprint density at radius 3 is 2.59 bits per heavy atom.